The number of likely N-dealkylation sites (tertiary alicyclic amines) is 1. The molecule has 5 atom stereocenters. The predicted molar refractivity (Wildman–Crippen MR) is 116 cm³/mol. The van der Waals surface area contributed by atoms with Crippen LogP contribution in [0.3, 0.4) is 0 Å². The number of carboxylic acids is 1. The van der Waals surface area contributed by atoms with Crippen LogP contribution in [-0.4, -0.2) is 58.6 Å². The fraction of sp³-hybridized carbons (Fsp3) is 0.542. The lowest BCUT2D eigenvalue weighted by molar-refractivity contribution is -0.151. The van der Waals surface area contributed by atoms with Gasteiger partial charge in [0.25, 0.3) is 0 Å². The highest BCUT2D eigenvalue weighted by atomic mass is 16.5. The molecule has 1 aromatic carbocycles. The lowest BCUT2D eigenvalue weighted by atomic mass is 10.0. The van der Waals surface area contributed by atoms with Crippen LogP contribution in [0.1, 0.15) is 44.6 Å². The van der Waals surface area contributed by atoms with Crippen LogP contribution in [0, 0.1) is 5.92 Å². The molecular weight excluding hydrogens is 396 g/mol. The molecule has 0 radical (unpaired) electrons. The molecule has 168 valence electrons. The third kappa shape index (κ3) is 5.53. The van der Waals surface area contributed by atoms with Gasteiger partial charge in [0.2, 0.25) is 5.91 Å². The normalized spacial score (nSPS) is 24.3. The predicted octanol–water partition coefficient (Wildman–Crippen LogP) is 2.55. The van der Waals surface area contributed by atoms with E-state index in [2.05, 4.69) is 11.9 Å². The molecule has 7 heteroatoms. The van der Waals surface area contributed by atoms with Crippen LogP contribution < -0.4 is 5.32 Å². The largest absolute Gasteiger partial charge is 0.480 e. The number of ether oxygens (including phenoxy) is 1. The van der Waals surface area contributed by atoms with Crippen molar-refractivity contribution in [3.8, 4) is 0 Å². The van der Waals surface area contributed by atoms with Gasteiger partial charge in [-0.05, 0) is 50.5 Å². The van der Waals surface area contributed by atoms with Crippen molar-refractivity contribution in [2.45, 2.75) is 69.6 Å². The number of amides is 1. The number of carbonyl (C=O) groups excluding carboxylic acids is 2. The van der Waals surface area contributed by atoms with E-state index < -0.39 is 30.1 Å². The van der Waals surface area contributed by atoms with Gasteiger partial charge >= 0.3 is 11.9 Å². The van der Waals surface area contributed by atoms with Crippen molar-refractivity contribution in [3.05, 3.63) is 48.6 Å². The zero-order valence-corrected chi connectivity index (χ0v) is 18.0. The molecule has 31 heavy (non-hydrogen) atoms. The standard InChI is InChI=1S/C24H32N2O5/c1-3-14-31-24(30)19(13-12-17-8-5-4-6-9-17)25-16(2)22(27)26-20-11-7-10-18(20)15-21(26)23(28)29/h3-6,8-9,16,18-21,25H,1,7,10-15H2,2H3,(H,28,29)/t16-,18-,19-,20-,21-/m0/s1. The van der Waals surface area contributed by atoms with Crippen LogP contribution in [0.5, 0.6) is 0 Å². The van der Waals surface area contributed by atoms with Gasteiger partial charge < -0.3 is 14.7 Å². The summed E-state index contributed by atoms with van der Waals surface area (Å²) in [6, 6.07) is 7.61. The van der Waals surface area contributed by atoms with Gasteiger partial charge in [-0.15, -0.1) is 0 Å². The molecule has 0 bridgehead atoms. The second-order valence-electron chi connectivity index (χ2n) is 8.48. The number of hydrogen-bond acceptors (Lipinski definition) is 5. The second-order valence-corrected chi connectivity index (χ2v) is 8.48. The number of esters is 1. The average Bonchev–Trinajstić information content (AvgIpc) is 3.36. The number of carbonyl (C=O) groups is 3. The molecule has 0 unspecified atom stereocenters. The van der Waals surface area contributed by atoms with E-state index in [-0.39, 0.29) is 24.5 Å². The zero-order valence-electron chi connectivity index (χ0n) is 18.0. The summed E-state index contributed by atoms with van der Waals surface area (Å²) >= 11 is 0. The first-order valence-corrected chi connectivity index (χ1v) is 11.0. The number of nitrogens with zero attached hydrogens (tertiary/aromatic N) is 1. The second kappa shape index (κ2) is 10.6. The molecule has 1 aliphatic heterocycles. The van der Waals surface area contributed by atoms with E-state index >= 15 is 0 Å². The average molecular weight is 429 g/mol. The van der Waals surface area contributed by atoms with E-state index in [1.807, 2.05) is 30.3 Å². The SMILES string of the molecule is C=CCOC(=O)[C@H](CCc1ccccc1)N[C@@H](C)C(=O)N1[C@H](C(=O)O)C[C@@H]2CCC[C@@H]21. The van der Waals surface area contributed by atoms with Crippen molar-refractivity contribution >= 4 is 17.8 Å². The number of hydrogen-bond donors (Lipinski definition) is 2. The van der Waals surface area contributed by atoms with Crippen LogP contribution in [0.25, 0.3) is 0 Å². The van der Waals surface area contributed by atoms with Crippen molar-refractivity contribution in [3.63, 3.8) is 0 Å². The Morgan fingerprint density at radius 1 is 1.29 bits per heavy atom. The number of carboxylic acid groups (broad SMARTS) is 1. The maximum atomic E-state index is 13.3. The summed E-state index contributed by atoms with van der Waals surface area (Å²) in [5.74, 6) is -1.40. The number of aliphatic carboxylic acids is 1. The quantitative estimate of drug-likeness (QED) is 0.439. The van der Waals surface area contributed by atoms with Crippen LogP contribution in [-0.2, 0) is 25.5 Å². The first-order valence-electron chi connectivity index (χ1n) is 11.0. The molecule has 2 fully saturated rings. The Hall–Kier alpha value is -2.67. The van der Waals surface area contributed by atoms with Crippen molar-refractivity contribution in [1.82, 2.24) is 10.2 Å². The summed E-state index contributed by atoms with van der Waals surface area (Å²) in [5, 5.41) is 12.8. The molecule has 2 aliphatic rings. The number of nitrogens with one attached hydrogen (secondary N) is 1. The topological polar surface area (TPSA) is 95.9 Å². The fourth-order valence-corrected chi connectivity index (χ4v) is 4.89. The fourth-order valence-electron chi connectivity index (χ4n) is 4.89. The molecule has 1 amide bonds. The summed E-state index contributed by atoms with van der Waals surface area (Å²) in [7, 11) is 0. The van der Waals surface area contributed by atoms with Gasteiger partial charge in [-0.2, -0.15) is 0 Å². The number of benzene rings is 1. The highest BCUT2D eigenvalue weighted by molar-refractivity contribution is 5.88. The van der Waals surface area contributed by atoms with Crippen LogP contribution >= 0.6 is 0 Å². The summed E-state index contributed by atoms with van der Waals surface area (Å²) in [6.45, 7) is 5.36. The molecule has 7 nitrogen and oxygen atoms in total. The van der Waals surface area contributed by atoms with Crippen LogP contribution in [0.4, 0.5) is 0 Å². The minimum absolute atomic E-state index is 0.0201. The summed E-state index contributed by atoms with van der Waals surface area (Å²) in [6.07, 6.45) is 5.95. The van der Waals surface area contributed by atoms with Crippen LogP contribution in [0.2, 0.25) is 0 Å². The number of rotatable bonds is 10. The van der Waals surface area contributed by atoms with E-state index in [0.717, 1.165) is 24.8 Å². The van der Waals surface area contributed by atoms with Crippen molar-refractivity contribution in [2.75, 3.05) is 6.61 Å². The van der Waals surface area contributed by atoms with Gasteiger partial charge in [-0.25, -0.2) is 4.79 Å². The molecule has 1 saturated heterocycles. The number of aryl methyl sites for hydroxylation is 1. The minimum Gasteiger partial charge on any atom is -0.480 e. The first-order chi connectivity index (χ1) is 14.9. The first kappa shape index (κ1) is 23.0. The maximum Gasteiger partial charge on any atom is 0.326 e. The van der Waals surface area contributed by atoms with Gasteiger partial charge in [0.1, 0.15) is 18.7 Å². The minimum atomic E-state index is -0.957. The van der Waals surface area contributed by atoms with Crippen molar-refractivity contribution in [2.24, 2.45) is 5.92 Å². The Morgan fingerprint density at radius 3 is 2.71 bits per heavy atom. The lowest BCUT2D eigenvalue weighted by Crippen LogP contribution is -2.55. The van der Waals surface area contributed by atoms with Gasteiger partial charge in [-0.3, -0.25) is 14.9 Å². The van der Waals surface area contributed by atoms with E-state index in [0.29, 0.717) is 19.3 Å². The van der Waals surface area contributed by atoms with Gasteiger partial charge in [0, 0.05) is 6.04 Å². The zero-order chi connectivity index (χ0) is 22.4. The monoisotopic (exact) mass is 428 g/mol. The van der Waals surface area contributed by atoms with Crippen molar-refractivity contribution in [1.29, 1.82) is 0 Å². The molecule has 2 N–H and O–H groups in total. The molecule has 1 aromatic rings. The maximum absolute atomic E-state index is 13.3. The highest BCUT2D eigenvalue weighted by Crippen LogP contribution is 2.41. The molecule has 3 rings (SSSR count). The Balaban J connectivity index is 1.69. The Bertz CT molecular complexity index is 796. The summed E-state index contributed by atoms with van der Waals surface area (Å²) in [4.78, 5) is 39.2. The van der Waals surface area contributed by atoms with Crippen molar-refractivity contribution < 1.29 is 24.2 Å². The Labute approximate surface area is 183 Å². The molecule has 1 saturated carbocycles. The number of fused-ring (bicyclic) bond motifs is 1. The molecule has 0 spiro atoms. The van der Waals surface area contributed by atoms with E-state index in [9.17, 15) is 19.5 Å². The Morgan fingerprint density at radius 2 is 2.03 bits per heavy atom. The van der Waals surface area contributed by atoms with E-state index in [1.54, 1.807) is 11.8 Å². The molecule has 0 aromatic heterocycles. The molecule has 1 heterocycles. The summed E-state index contributed by atoms with van der Waals surface area (Å²) < 4.78 is 5.24. The van der Waals surface area contributed by atoms with Gasteiger partial charge in [0.05, 0.1) is 6.04 Å². The molecule has 1 aliphatic carbocycles. The Kier molecular flexibility index (Phi) is 7.85. The highest BCUT2D eigenvalue weighted by Gasteiger charge is 2.49. The van der Waals surface area contributed by atoms with Crippen LogP contribution in [0.15, 0.2) is 43.0 Å². The van der Waals surface area contributed by atoms with Gasteiger partial charge in [0.15, 0.2) is 0 Å². The third-order valence-electron chi connectivity index (χ3n) is 6.39. The van der Waals surface area contributed by atoms with E-state index in [1.165, 1.54) is 6.08 Å². The molecular formula is C24H32N2O5. The van der Waals surface area contributed by atoms with E-state index in [4.69, 9.17) is 4.74 Å². The van der Waals surface area contributed by atoms with Gasteiger partial charge in [-0.1, -0.05) is 49.4 Å². The summed E-state index contributed by atoms with van der Waals surface area (Å²) in [5.41, 5.74) is 1.09. The third-order valence-corrected chi connectivity index (χ3v) is 6.39. The lowest BCUT2D eigenvalue weighted by Gasteiger charge is -2.31. The smallest absolute Gasteiger partial charge is 0.326 e.